The average molecular weight is 282 g/mol. The number of ether oxygens (including phenoxy) is 1. The first-order chi connectivity index (χ1) is 9.22. The monoisotopic (exact) mass is 281 g/mol. The van der Waals surface area contributed by atoms with Gasteiger partial charge in [0.25, 0.3) is 0 Å². The first kappa shape index (κ1) is 13.8. The zero-order valence-electron chi connectivity index (χ0n) is 10.7. The van der Waals surface area contributed by atoms with E-state index in [4.69, 9.17) is 16.3 Å². The third kappa shape index (κ3) is 3.45. The molecule has 0 saturated heterocycles. The molecular formula is C13H16ClN3O2. The van der Waals surface area contributed by atoms with Gasteiger partial charge in [0.15, 0.2) is 0 Å². The maximum absolute atomic E-state index is 12.0. The van der Waals surface area contributed by atoms with E-state index in [0.29, 0.717) is 37.1 Å². The number of nitrogens with one attached hydrogen (secondary N) is 1. The molecule has 1 heterocycles. The number of carbonyl (C=O) groups excluding carboxylic acids is 1. The second kappa shape index (κ2) is 6.54. The Bertz CT molecular complexity index is 491. The van der Waals surface area contributed by atoms with Crippen LogP contribution in [0.15, 0.2) is 29.3 Å². The Hall–Kier alpha value is -1.59. The highest BCUT2D eigenvalue weighted by Gasteiger charge is 2.24. The number of hydrogen-bond donors (Lipinski definition) is 1. The molecule has 0 saturated carbocycles. The number of aliphatic imine (C=N–C) groups is 1. The molecule has 1 aromatic carbocycles. The van der Waals surface area contributed by atoms with Gasteiger partial charge in [0, 0.05) is 30.8 Å². The number of halogens is 1. The van der Waals surface area contributed by atoms with Gasteiger partial charge in [-0.15, -0.1) is 0 Å². The average Bonchev–Trinajstić information content (AvgIpc) is 2.88. The maximum Gasteiger partial charge on any atom is 0.323 e. The number of amides is 2. The smallest absolute Gasteiger partial charge is 0.323 e. The molecule has 5 nitrogen and oxygen atoms in total. The standard InChI is InChI=1S/C13H16ClN3O2/c1-19-8-6-16-13(18)17-7-5-15-12(17)10-3-2-4-11(14)9-10/h2-4,9H,5-8H2,1H3,(H,16,18). The summed E-state index contributed by atoms with van der Waals surface area (Å²) >= 11 is 5.96. The van der Waals surface area contributed by atoms with E-state index in [0.717, 1.165) is 5.56 Å². The fourth-order valence-electron chi connectivity index (χ4n) is 1.88. The van der Waals surface area contributed by atoms with Crippen LogP contribution in [-0.2, 0) is 4.74 Å². The van der Waals surface area contributed by atoms with E-state index in [2.05, 4.69) is 10.3 Å². The van der Waals surface area contributed by atoms with Gasteiger partial charge in [-0.3, -0.25) is 9.89 Å². The van der Waals surface area contributed by atoms with E-state index < -0.39 is 0 Å². The summed E-state index contributed by atoms with van der Waals surface area (Å²) in [5.41, 5.74) is 0.854. The summed E-state index contributed by atoms with van der Waals surface area (Å²) in [6.45, 7) is 2.16. The van der Waals surface area contributed by atoms with E-state index in [1.807, 2.05) is 12.1 Å². The first-order valence-electron chi connectivity index (χ1n) is 6.07. The molecular weight excluding hydrogens is 266 g/mol. The number of amidine groups is 1. The number of benzene rings is 1. The number of rotatable bonds is 4. The summed E-state index contributed by atoms with van der Waals surface area (Å²) < 4.78 is 4.90. The zero-order chi connectivity index (χ0) is 13.7. The fourth-order valence-corrected chi connectivity index (χ4v) is 2.07. The van der Waals surface area contributed by atoms with Crippen molar-refractivity contribution in [2.24, 2.45) is 4.99 Å². The van der Waals surface area contributed by atoms with Crippen LogP contribution in [0, 0.1) is 0 Å². The summed E-state index contributed by atoms with van der Waals surface area (Å²) in [5, 5.41) is 3.42. The highest BCUT2D eigenvalue weighted by atomic mass is 35.5. The SMILES string of the molecule is COCCNC(=O)N1CCN=C1c1cccc(Cl)c1. The number of hydrogen-bond acceptors (Lipinski definition) is 3. The van der Waals surface area contributed by atoms with Crippen LogP contribution in [0.1, 0.15) is 5.56 Å². The molecule has 1 N–H and O–H groups in total. The topological polar surface area (TPSA) is 53.9 Å². The minimum atomic E-state index is -0.159. The molecule has 0 fully saturated rings. The van der Waals surface area contributed by atoms with E-state index in [1.54, 1.807) is 24.1 Å². The van der Waals surface area contributed by atoms with Crippen molar-refractivity contribution in [1.82, 2.24) is 10.2 Å². The summed E-state index contributed by atoms with van der Waals surface area (Å²) in [6, 6.07) is 7.18. The van der Waals surface area contributed by atoms with Crippen LogP contribution in [0.4, 0.5) is 4.79 Å². The Morgan fingerprint density at radius 2 is 2.42 bits per heavy atom. The second-order valence-electron chi connectivity index (χ2n) is 4.09. The van der Waals surface area contributed by atoms with Crippen molar-refractivity contribution in [3.05, 3.63) is 34.9 Å². The number of urea groups is 1. The largest absolute Gasteiger partial charge is 0.383 e. The van der Waals surface area contributed by atoms with Gasteiger partial charge >= 0.3 is 6.03 Å². The van der Waals surface area contributed by atoms with Gasteiger partial charge in [0.2, 0.25) is 0 Å². The lowest BCUT2D eigenvalue weighted by atomic mass is 10.2. The molecule has 0 aliphatic carbocycles. The van der Waals surface area contributed by atoms with Crippen LogP contribution in [0.25, 0.3) is 0 Å². The molecule has 1 aromatic rings. The Morgan fingerprint density at radius 1 is 1.58 bits per heavy atom. The van der Waals surface area contributed by atoms with E-state index in [1.165, 1.54) is 0 Å². The molecule has 0 bridgehead atoms. The lowest BCUT2D eigenvalue weighted by Gasteiger charge is -2.19. The van der Waals surface area contributed by atoms with Crippen LogP contribution < -0.4 is 5.32 Å². The lowest BCUT2D eigenvalue weighted by Crippen LogP contribution is -2.43. The zero-order valence-corrected chi connectivity index (χ0v) is 11.5. The van der Waals surface area contributed by atoms with Gasteiger partial charge < -0.3 is 10.1 Å². The highest BCUT2D eigenvalue weighted by Crippen LogP contribution is 2.16. The van der Waals surface area contributed by atoms with Crippen LogP contribution in [-0.4, -0.2) is 50.1 Å². The van der Waals surface area contributed by atoms with E-state index in [-0.39, 0.29) is 6.03 Å². The molecule has 0 unspecified atom stereocenters. The Kier molecular flexibility index (Phi) is 4.76. The predicted molar refractivity (Wildman–Crippen MR) is 74.8 cm³/mol. The number of methoxy groups -OCH3 is 1. The van der Waals surface area contributed by atoms with Gasteiger partial charge in [-0.1, -0.05) is 23.7 Å². The molecule has 0 radical (unpaired) electrons. The predicted octanol–water partition coefficient (Wildman–Crippen LogP) is 1.76. The minimum absolute atomic E-state index is 0.159. The van der Waals surface area contributed by atoms with Gasteiger partial charge in [0.1, 0.15) is 5.84 Å². The summed E-state index contributed by atoms with van der Waals surface area (Å²) in [5.74, 6) is 0.664. The summed E-state index contributed by atoms with van der Waals surface area (Å²) in [4.78, 5) is 18.0. The Labute approximate surface area is 117 Å². The van der Waals surface area contributed by atoms with Crippen molar-refractivity contribution in [2.75, 3.05) is 33.4 Å². The molecule has 0 aromatic heterocycles. The Balaban J connectivity index is 2.06. The first-order valence-corrected chi connectivity index (χ1v) is 6.45. The van der Waals surface area contributed by atoms with Gasteiger partial charge in [-0.05, 0) is 12.1 Å². The lowest BCUT2D eigenvalue weighted by molar-refractivity contribution is 0.191. The van der Waals surface area contributed by atoms with Crippen LogP contribution in [0.3, 0.4) is 0 Å². The molecule has 6 heteroatoms. The van der Waals surface area contributed by atoms with Crippen molar-refractivity contribution in [1.29, 1.82) is 0 Å². The summed E-state index contributed by atoms with van der Waals surface area (Å²) in [6.07, 6.45) is 0. The number of nitrogens with zero attached hydrogens (tertiary/aromatic N) is 2. The third-order valence-corrected chi connectivity index (χ3v) is 2.99. The van der Waals surface area contributed by atoms with Crippen LogP contribution in [0.2, 0.25) is 5.02 Å². The molecule has 102 valence electrons. The van der Waals surface area contributed by atoms with Crippen LogP contribution in [0.5, 0.6) is 0 Å². The van der Waals surface area contributed by atoms with Gasteiger partial charge in [-0.2, -0.15) is 0 Å². The molecule has 1 aliphatic heterocycles. The summed E-state index contributed by atoms with van der Waals surface area (Å²) in [7, 11) is 1.60. The van der Waals surface area contributed by atoms with Gasteiger partial charge in [0.05, 0.1) is 13.2 Å². The normalized spacial score (nSPS) is 14.4. The molecule has 19 heavy (non-hydrogen) atoms. The van der Waals surface area contributed by atoms with Crippen LogP contribution >= 0.6 is 11.6 Å². The molecule has 2 amide bonds. The molecule has 0 atom stereocenters. The quantitative estimate of drug-likeness (QED) is 0.855. The van der Waals surface area contributed by atoms with Crippen molar-refractivity contribution in [2.45, 2.75) is 0 Å². The molecule has 1 aliphatic rings. The number of carbonyl (C=O) groups is 1. The van der Waals surface area contributed by atoms with Crippen molar-refractivity contribution >= 4 is 23.5 Å². The molecule has 2 rings (SSSR count). The van der Waals surface area contributed by atoms with Crippen molar-refractivity contribution in [3.63, 3.8) is 0 Å². The maximum atomic E-state index is 12.0. The third-order valence-electron chi connectivity index (χ3n) is 2.75. The Morgan fingerprint density at radius 3 is 3.16 bits per heavy atom. The minimum Gasteiger partial charge on any atom is -0.383 e. The van der Waals surface area contributed by atoms with Crippen molar-refractivity contribution in [3.8, 4) is 0 Å². The molecule has 0 spiro atoms. The van der Waals surface area contributed by atoms with E-state index in [9.17, 15) is 4.79 Å². The van der Waals surface area contributed by atoms with Gasteiger partial charge in [-0.25, -0.2) is 4.79 Å². The highest BCUT2D eigenvalue weighted by molar-refractivity contribution is 6.31. The second-order valence-corrected chi connectivity index (χ2v) is 4.53. The van der Waals surface area contributed by atoms with E-state index >= 15 is 0 Å². The fraction of sp³-hybridized carbons (Fsp3) is 0.385. The van der Waals surface area contributed by atoms with Crippen molar-refractivity contribution < 1.29 is 9.53 Å².